The molecule has 0 N–H and O–H groups in total. The lowest BCUT2D eigenvalue weighted by molar-refractivity contribution is -0.137. The zero-order chi connectivity index (χ0) is 27.9. The third-order valence-electron chi connectivity index (χ3n) is 6.58. The molecule has 1 saturated heterocycles. The van der Waals surface area contributed by atoms with Crippen LogP contribution in [0.1, 0.15) is 36.8 Å². The molecule has 0 unspecified atom stereocenters. The van der Waals surface area contributed by atoms with Crippen molar-refractivity contribution >= 4 is 22.2 Å². The monoisotopic (exact) mass is 599 g/mol. The first kappa shape index (κ1) is 31.6. The molecule has 0 radical (unpaired) electrons. The van der Waals surface area contributed by atoms with Gasteiger partial charge in [0.2, 0.25) is 9.84 Å². The number of sulfone groups is 1. The molecule has 1 aliphatic heterocycles. The van der Waals surface area contributed by atoms with Crippen molar-refractivity contribution in [2.24, 2.45) is 0 Å². The molecule has 0 bridgehead atoms. The molecule has 4 rings (SSSR count). The first-order valence-electron chi connectivity index (χ1n) is 12.8. The number of hydrogen-bond donors (Lipinski definition) is 0. The van der Waals surface area contributed by atoms with E-state index in [0.717, 1.165) is 38.2 Å². The van der Waals surface area contributed by atoms with E-state index in [2.05, 4.69) is 4.90 Å². The summed E-state index contributed by atoms with van der Waals surface area (Å²) < 4.78 is 81.9. The highest BCUT2D eigenvalue weighted by Gasteiger charge is 2.30. The van der Waals surface area contributed by atoms with Crippen LogP contribution in [0.25, 0.3) is 0 Å². The molecule has 11 heteroatoms. The maximum absolute atomic E-state index is 13.4. The predicted octanol–water partition coefficient (Wildman–Crippen LogP) is 6.80. The van der Waals surface area contributed by atoms with Crippen LogP contribution in [0.3, 0.4) is 0 Å². The Hall–Kier alpha value is -2.95. The van der Waals surface area contributed by atoms with Gasteiger partial charge in [-0.3, -0.25) is 0 Å². The van der Waals surface area contributed by atoms with Crippen LogP contribution in [0.4, 0.5) is 13.2 Å². The molecular formula is C29H33ClF3NO5S. The Kier molecular flexibility index (Phi) is 11.1. The van der Waals surface area contributed by atoms with Crippen LogP contribution >= 0.6 is 12.4 Å². The fraction of sp³-hybridized carbons (Fsp3) is 0.379. The highest BCUT2D eigenvalue weighted by atomic mass is 35.5. The highest BCUT2D eigenvalue weighted by Crippen LogP contribution is 2.34. The first-order chi connectivity index (χ1) is 18.7. The number of benzene rings is 3. The number of rotatable bonds is 11. The second-order valence-corrected chi connectivity index (χ2v) is 11.3. The van der Waals surface area contributed by atoms with Gasteiger partial charge in [0.05, 0.1) is 24.2 Å². The number of halogens is 4. The lowest BCUT2D eigenvalue weighted by Crippen LogP contribution is -2.31. The normalized spacial score (nSPS) is 14.3. The van der Waals surface area contributed by atoms with Crippen LogP contribution in [0.5, 0.6) is 17.2 Å². The van der Waals surface area contributed by atoms with Crippen LogP contribution in [-0.2, 0) is 22.6 Å². The maximum atomic E-state index is 13.4. The number of likely N-dealkylation sites (tertiary alicyclic amines) is 1. The Morgan fingerprint density at radius 2 is 1.50 bits per heavy atom. The molecule has 0 aliphatic carbocycles. The lowest BCUT2D eigenvalue weighted by atomic mass is 10.1. The quantitative estimate of drug-likeness (QED) is 0.226. The molecule has 1 heterocycles. The molecule has 0 aromatic heterocycles. The molecule has 218 valence electrons. The number of alkyl halides is 3. The molecule has 1 fully saturated rings. The van der Waals surface area contributed by atoms with Gasteiger partial charge in [0.1, 0.15) is 28.8 Å². The van der Waals surface area contributed by atoms with Crippen molar-refractivity contribution in [3.63, 3.8) is 0 Å². The maximum Gasteiger partial charge on any atom is 0.416 e. The molecule has 0 saturated carbocycles. The van der Waals surface area contributed by atoms with Gasteiger partial charge >= 0.3 is 6.18 Å². The number of nitrogens with zero attached hydrogens (tertiary/aromatic N) is 1. The zero-order valence-corrected chi connectivity index (χ0v) is 23.8. The van der Waals surface area contributed by atoms with E-state index < -0.39 is 21.6 Å². The summed E-state index contributed by atoms with van der Waals surface area (Å²) in [6, 6.07) is 15.3. The van der Waals surface area contributed by atoms with Crippen molar-refractivity contribution in [1.82, 2.24) is 4.90 Å². The second-order valence-electron chi connectivity index (χ2n) is 9.38. The van der Waals surface area contributed by atoms with Gasteiger partial charge in [-0.2, -0.15) is 13.2 Å². The number of methoxy groups -OCH3 is 1. The summed E-state index contributed by atoms with van der Waals surface area (Å²) in [5, 5.41) is 0. The second kappa shape index (κ2) is 14.1. The molecule has 0 spiro atoms. The molecular weight excluding hydrogens is 567 g/mol. The van der Waals surface area contributed by atoms with Crippen LogP contribution < -0.4 is 14.2 Å². The van der Waals surface area contributed by atoms with Crippen molar-refractivity contribution in [3.05, 3.63) is 77.9 Å². The van der Waals surface area contributed by atoms with Gasteiger partial charge in [0.25, 0.3) is 0 Å². The van der Waals surface area contributed by atoms with Crippen molar-refractivity contribution in [2.45, 2.75) is 48.3 Å². The van der Waals surface area contributed by atoms with Crippen LogP contribution in [0, 0.1) is 0 Å². The average Bonchev–Trinajstić information content (AvgIpc) is 2.94. The van der Waals surface area contributed by atoms with E-state index in [1.165, 1.54) is 68.8 Å². The van der Waals surface area contributed by atoms with Crippen molar-refractivity contribution < 1.29 is 35.8 Å². The van der Waals surface area contributed by atoms with E-state index >= 15 is 0 Å². The van der Waals surface area contributed by atoms with Gasteiger partial charge in [-0.1, -0.05) is 18.6 Å². The number of ether oxygens (including phenoxy) is 3. The Morgan fingerprint density at radius 1 is 0.850 bits per heavy atom. The van der Waals surface area contributed by atoms with Crippen molar-refractivity contribution in [2.75, 3.05) is 33.4 Å². The topological polar surface area (TPSA) is 65.1 Å². The third kappa shape index (κ3) is 8.28. The molecule has 6 nitrogen and oxygen atoms in total. The fourth-order valence-electron chi connectivity index (χ4n) is 4.42. The van der Waals surface area contributed by atoms with Gasteiger partial charge in [0.15, 0.2) is 0 Å². The molecule has 0 atom stereocenters. The van der Waals surface area contributed by atoms with E-state index in [9.17, 15) is 21.6 Å². The number of hydrogen-bond acceptors (Lipinski definition) is 6. The molecule has 1 aliphatic rings. The van der Waals surface area contributed by atoms with E-state index in [0.29, 0.717) is 23.7 Å². The summed E-state index contributed by atoms with van der Waals surface area (Å²) >= 11 is 0. The van der Waals surface area contributed by atoms with Gasteiger partial charge in [-0.05, 0) is 86.4 Å². The third-order valence-corrected chi connectivity index (χ3v) is 8.37. The van der Waals surface area contributed by atoms with Gasteiger partial charge in [-0.25, -0.2) is 8.42 Å². The molecule has 40 heavy (non-hydrogen) atoms. The van der Waals surface area contributed by atoms with Crippen molar-refractivity contribution in [3.8, 4) is 17.2 Å². The summed E-state index contributed by atoms with van der Waals surface area (Å²) in [6.45, 7) is 3.70. The summed E-state index contributed by atoms with van der Waals surface area (Å²) in [7, 11) is -2.52. The lowest BCUT2D eigenvalue weighted by Gasteiger charge is -2.26. The summed E-state index contributed by atoms with van der Waals surface area (Å²) in [5.74, 6) is 1.04. The van der Waals surface area contributed by atoms with E-state index in [1.54, 1.807) is 12.1 Å². The molecule has 3 aromatic carbocycles. The first-order valence-corrected chi connectivity index (χ1v) is 14.3. The summed E-state index contributed by atoms with van der Waals surface area (Å²) in [4.78, 5) is 2.47. The van der Waals surface area contributed by atoms with Gasteiger partial charge in [0, 0.05) is 12.6 Å². The predicted molar refractivity (Wildman–Crippen MR) is 148 cm³/mol. The van der Waals surface area contributed by atoms with Crippen LogP contribution in [0.15, 0.2) is 76.5 Å². The minimum absolute atomic E-state index is 0. The Balaban J connectivity index is 0.00000441. The average molecular weight is 600 g/mol. The SMILES string of the molecule is COc1ccc(OCCCN2CCCCC2)cc1S(=O)(=O)c1ccc(OCc2ccc(C(F)(F)F)cc2)cc1.Cl. The van der Waals surface area contributed by atoms with E-state index in [4.69, 9.17) is 14.2 Å². The van der Waals surface area contributed by atoms with Crippen LogP contribution in [-0.4, -0.2) is 46.7 Å². The van der Waals surface area contributed by atoms with Crippen LogP contribution in [0.2, 0.25) is 0 Å². The zero-order valence-electron chi connectivity index (χ0n) is 22.2. The number of piperidine rings is 1. The summed E-state index contributed by atoms with van der Waals surface area (Å²) in [6.07, 6.45) is 0.193. The molecule has 3 aromatic rings. The summed E-state index contributed by atoms with van der Waals surface area (Å²) in [5.41, 5.74) is -0.180. The fourth-order valence-corrected chi connectivity index (χ4v) is 5.85. The Bertz CT molecular complexity index is 1330. The standard InChI is InChI=1S/C29H32F3NO5S.ClH/c1-36-27-15-12-25(37-19-5-18-33-16-3-2-4-17-33)20-28(27)39(34,35)26-13-10-24(11-14-26)38-21-22-6-8-23(9-7-22)29(30,31)32;/h6-15,20H,2-5,16-19,21H2,1H3;1H. The van der Waals surface area contributed by atoms with E-state index in [-0.39, 0.29) is 34.6 Å². The van der Waals surface area contributed by atoms with Gasteiger partial charge < -0.3 is 19.1 Å². The van der Waals surface area contributed by atoms with Gasteiger partial charge in [-0.15, -0.1) is 12.4 Å². The smallest absolute Gasteiger partial charge is 0.416 e. The van der Waals surface area contributed by atoms with Crippen molar-refractivity contribution in [1.29, 1.82) is 0 Å². The molecule has 0 amide bonds. The minimum atomic E-state index is -4.40. The largest absolute Gasteiger partial charge is 0.495 e. The highest BCUT2D eigenvalue weighted by molar-refractivity contribution is 7.91. The van der Waals surface area contributed by atoms with E-state index in [1.807, 2.05) is 0 Å². The minimum Gasteiger partial charge on any atom is -0.495 e. The Morgan fingerprint density at radius 3 is 2.12 bits per heavy atom. The Labute approximate surface area is 239 Å².